The Morgan fingerprint density at radius 1 is 1.09 bits per heavy atom. The predicted molar refractivity (Wildman–Crippen MR) is 129 cm³/mol. The van der Waals surface area contributed by atoms with Crippen LogP contribution in [0.4, 0.5) is 5.69 Å². The van der Waals surface area contributed by atoms with Gasteiger partial charge in [0.2, 0.25) is 5.91 Å². The van der Waals surface area contributed by atoms with E-state index in [0.717, 1.165) is 32.4 Å². The van der Waals surface area contributed by atoms with Crippen LogP contribution in [0.5, 0.6) is 5.75 Å². The highest BCUT2D eigenvalue weighted by molar-refractivity contribution is 6.13. The minimum atomic E-state index is -0.544. The van der Waals surface area contributed by atoms with Gasteiger partial charge in [-0.05, 0) is 62.9 Å². The Morgan fingerprint density at radius 3 is 2.48 bits per heavy atom. The van der Waals surface area contributed by atoms with E-state index >= 15 is 0 Å². The minimum absolute atomic E-state index is 0.159. The Kier molecular flexibility index (Phi) is 6.99. The maximum absolute atomic E-state index is 13.2. The SMILES string of the molecule is COC(=O)c1[nH]c2cccc(OC)c2c1NC(=O)[C@H](C)N1CCC(Cc2ccccc2)CC1. The molecule has 0 spiro atoms. The van der Waals surface area contributed by atoms with E-state index in [1.165, 1.54) is 12.7 Å². The number of carbonyl (C=O) groups is 2. The Bertz CT molecular complexity index is 1120. The summed E-state index contributed by atoms with van der Waals surface area (Å²) in [4.78, 5) is 30.9. The van der Waals surface area contributed by atoms with E-state index in [0.29, 0.717) is 28.3 Å². The number of aromatic nitrogens is 1. The van der Waals surface area contributed by atoms with Gasteiger partial charge in [0.15, 0.2) is 0 Å². The van der Waals surface area contributed by atoms with Gasteiger partial charge in [-0.25, -0.2) is 4.79 Å². The number of piperidine rings is 1. The van der Waals surface area contributed by atoms with Gasteiger partial charge in [0.1, 0.15) is 11.4 Å². The van der Waals surface area contributed by atoms with Crippen molar-refractivity contribution < 1.29 is 19.1 Å². The first-order valence-electron chi connectivity index (χ1n) is 11.4. The Morgan fingerprint density at radius 2 is 1.82 bits per heavy atom. The van der Waals surface area contributed by atoms with Gasteiger partial charge in [0.25, 0.3) is 0 Å². The van der Waals surface area contributed by atoms with Crippen LogP contribution in [0.1, 0.15) is 35.8 Å². The summed E-state index contributed by atoms with van der Waals surface area (Å²) in [5.74, 6) is 0.498. The van der Waals surface area contributed by atoms with E-state index in [2.05, 4.69) is 39.5 Å². The molecule has 1 fully saturated rings. The molecule has 0 radical (unpaired) electrons. The molecule has 0 unspecified atom stereocenters. The van der Waals surface area contributed by atoms with Crippen molar-refractivity contribution in [2.75, 3.05) is 32.6 Å². The summed E-state index contributed by atoms with van der Waals surface area (Å²) in [5, 5.41) is 3.63. The number of hydrogen-bond acceptors (Lipinski definition) is 5. The molecule has 0 aliphatic carbocycles. The number of anilines is 1. The largest absolute Gasteiger partial charge is 0.496 e. The molecular weight excluding hydrogens is 418 g/mol. The average molecular weight is 450 g/mol. The number of hydrogen-bond donors (Lipinski definition) is 2. The van der Waals surface area contributed by atoms with Crippen molar-refractivity contribution in [3.63, 3.8) is 0 Å². The van der Waals surface area contributed by atoms with E-state index in [9.17, 15) is 9.59 Å². The van der Waals surface area contributed by atoms with Crippen LogP contribution in [0.3, 0.4) is 0 Å². The van der Waals surface area contributed by atoms with Crippen LogP contribution < -0.4 is 10.1 Å². The highest BCUT2D eigenvalue weighted by atomic mass is 16.5. The third-order valence-corrected chi connectivity index (χ3v) is 6.59. The van der Waals surface area contributed by atoms with E-state index in [1.54, 1.807) is 13.2 Å². The molecule has 7 heteroatoms. The normalized spacial score (nSPS) is 15.8. The van der Waals surface area contributed by atoms with Gasteiger partial charge in [-0.1, -0.05) is 36.4 Å². The lowest BCUT2D eigenvalue weighted by atomic mass is 9.89. The number of carbonyl (C=O) groups excluding carboxylic acids is 2. The zero-order valence-corrected chi connectivity index (χ0v) is 19.4. The third-order valence-electron chi connectivity index (χ3n) is 6.59. The number of esters is 1. The number of H-pyrrole nitrogens is 1. The standard InChI is InChI=1S/C26H31N3O4/c1-17(29-14-12-19(13-15-29)16-18-8-5-4-6-9-18)25(30)28-23-22-20(10-7-11-21(22)32-2)27-24(23)26(31)33-3/h4-11,17,19,27H,12-16H2,1-3H3,(H,28,30)/t17-/m0/s1. The number of likely N-dealkylation sites (tertiary alicyclic amines) is 1. The number of nitrogens with zero attached hydrogens (tertiary/aromatic N) is 1. The van der Waals surface area contributed by atoms with Crippen molar-refractivity contribution in [2.24, 2.45) is 5.92 Å². The molecule has 4 rings (SSSR count). The van der Waals surface area contributed by atoms with E-state index in [4.69, 9.17) is 9.47 Å². The molecule has 0 saturated carbocycles. The Labute approximate surface area is 194 Å². The van der Waals surface area contributed by atoms with Crippen molar-refractivity contribution in [2.45, 2.75) is 32.2 Å². The number of benzene rings is 2. The molecule has 1 amide bonds. The third kappa shape index (κ3) is 4.88. The Hall–Kier alpha value is -3.32. The molecule has 33 heavy (non-hydrogen) atoms. The molecule has 1 saturated heterocycles. The number of methoxy groups -OCH3 is 2. The monoisotopic (exact) mass is 449 g/mol. The zero-order chi connectivity index (χ0) is 23.4. The van der Waals surface area contributed by atoms with Crippen molar-refractivity contribution >= 4 is 28.5 Å². The number of fused-ring (bicyclic) bond motifs is 1. The first-order valence-corrected chi connectivity index (χ1v) is 11.4. The van der Waals surface area contributed by atoms with Crippen molar-refractivity contribution in [3.8, 4) is 5.75 Å². The van der Waals surface area contributed by atoms with E-state index in [1.807, 2.05) is 25.1 Å². The number of amides is 1. The molecule has 0 bridgehead atoms. The molecule has 7 nitrogen and oxygen atoms in total. The lowest BCUT2D eigenvalue weighted by molar-refractivity contribution is -0.121. The number of aromatic amines is 1. The lowest BCUT2D eigenvalue weighted by Gasteiger charge is -2.35. The molecule has 1 aliphatic heterocycles. The molecule has 1 atom stereocenters. The van der Waals surface area contributed by atoms with Crippen LogP contribution in [0, 0.1) is 5.92 Å². The first kappa shape index (κ1) is 22.9. The summed E-state index contributed by atoms with van der Waals surface area (Å²) in [7, 11) is 2.88. The van der Waals surface area contributed by atoms with Crippen molar-refractivity contribution in [1.29, 1.82) is 0 Å². The summed E-state index contributed by atoms with van der Waals surface area (Å²) >= 11 is 0. The van der Waals surface area contributed by atoms with Gasteiger partial charge in [-0.2, -0.15) is 0 Å². The van der Waals surface area contributed by atoms with Crippen LogP contribution >= 0.6 is 0 Å². The summed E-state index contributed by atoms with van der Waals surface area (Å²) in [6.45, 7) is 3.65. The number of ether oxygens (including phenoxy) is 2. The molecular formula is C26H31N3O4. The Balaban J connectivity index is 1.46. The lowest BCUT2D eigenvalue weighted by Crippen LogP contribution is -2.46. The highest BCUT2D eigenvalue weighted by Crippen LogP contribution is 2.36. The van der Waals surface area contributed by atoms with Gasteiger partial charge in [-0.15, -0.1) is 0 Å². The molecule has 2 heterocycles. The van der Waals surface area contributed by atoms with E-state index < -0.39 is 5.97 Å². The van der Waals surface area contributed by atoms with Gasteiger partial charge in [-0.3, -0.25) is 9.69 Å². The fourth-order valence-corrected chi connectivity index (χ4v) is 4.65. The maximum atomic E-state index is 13.2. The minimum Gasteiger partial charge on any atom is -0.496 e. The van der Waals surface area contributed by atoms with E-state index in [-0.39, 0.29) is 17.6 Å². The fraction of sp³-hybridized carbons (Fsp3) is 0.385. The van der Waals surface area contributed by atoms with Crippen LogP contribution in [0.2, 0.25) is 0 Å². The summed E-state index contributed by atoms with van der Waals surface area (Å²) in [6.07, 6.45) is 3.19. The van der Waals surface area contributed by atoms with Crippen molar-refractivity contribution in [1.82, 2.24) is 9.88 Å². The van der Waals surface area contributed by atoms with Crippen LogP contribution in [-0.2, 0) is 16.0 Å². The second-order valence-electron chi connectivity index (χ2n) is 8.58. The number of rotatable bonds is 7. The molecule has 1 aliphatic rings. The quantitative estimate of drug-likeness (QED) is 0.527. The smallest absolute Gasteiger partial charge is 0.356 e. The predicted octanol–water partition coefficient (Wildman–Crippen LogP) is 4.24. The summed E-state index contributed by atoms with van der Waals surface area (Å²) < 4.78 is 10.4. The highest BCUT2D eigenvalue weighted by Gasteiger charge is 2.29. The summed E-state index contributed by atoms with van der Waals surface area (Å²) in [5.41, 5.74) is 2.66. The average Bonchev–Trinajstić information content (AvgIpc) is 3.22. The molecule has 3 aromatic rings. The van der Waals surface area contributed by atoms with Crippen molar-refractivity contribution in [3.05, 3.63) is 59.8 Å². The van der Waals surface area contributed by atoms with Gasteiger partial charge in [0, 0.05) is 0 Å². The molecule has 2 N–H and O–H groups in total. The summed E-state index contributed by atoms with van der Waals surface area (Å²) in [6, 6.07) is 15.7. The van der Waals surface area contributed by atoms with Crippen LogP contribution in [0.25, 0.3) is 10.9 Å². The molecule has 1 aromatic heterocycles. The maximum Gasteiger partial charge on any atom is 0.356 e. The van der Waals surface area contributed by atoms with Gasteiger partial charge in [0.05, 0.1) is 36.9 Å². The van der Waals surface area contributed by atoms with Gasteiger partial charge >= 0.3 is 5.97 Å². The second kappa shape index (κ2) is 10.1. The zero-order valence-electron chi connectivity index (χ0n) is 19.4. The van der Waals surface area contributed by atoms with Gasteiger partial charge < -0.3 is 19.8 Å². The van der Waals surface area contributed by atoms with Crippen LogP contribution in [-0.4, -0.2) is 55.1 Å². The molecule has 2 aromatic carbocycles. The van der Waals surface area contributed by atoms with Crippen LogP contribution in [0.15, 0.2) is 48.5 Å². The topological polar surface area (TPSA) is 83.7 Å². The number of nitrogens with one attached hydrogen (secondary N) is 2. The fourth-order valence-electron chi connectivity index (χ4n) is 4.65. The second-order valence-corrected chi connectivity index (χ2v) is 8.58. The molecule has 174 valence electrons. The first-order chi connectivity index (χ1) is 16.0.